The number of fused-ring (bicyclic) bond motifs is 1. The molecule has 0 saturated carbocycles. The van der Waals surface area contributed by atoms with Gasteiger partial charge in [-0.1, -0.05) is 42.5 Å². The minimum Gasteiger partial charge on any atom is -0.495 e. The van der Waals surface area contributed by atoms with Crippen LogP contribution in [0.2, 0.25) is 0 Å². The Bertz CT molecular complexity index is 961. The third-order valence-corrected chi connectivity index (χ3v) is 4.02. The molecule has 5 nitrogen and oxygen atoms in total. The second-order valence-corrected chi connectivity index (χ2v) is 5.96. The molecule has 0 bridgehead atoms. The summed E-state index contributed by atoms with van der Waals surface area (Å²) in [6.45, 7) is 1.42. The van der Waals surface area contributed by atoms with Gasteiger partial charge < -0.3 is 15.4 Å². The summed E-state index contributed by atoms with van der Waals surface area (Å²) in [6, 6.07) is 19.1. The minimum atomic E-state index is -0.206. The monoisotopic (exact) mass is 348 g/mol. The van der Waals surface area contributed by atoms with Gasteiger partial charge in [-0.25, -0.2) is 0 Å². The van der Waals surface area contributed by atoms with Crippen molar-refractivity contribution in [1.29, 1.82) is 0 Å². The molecule has 0 aliphatic rings. The molecule has 0 aliphatic carbocycles. The lowest BCUT2D eigenvalue weighted by atomic mass is 10.0. The number of nitrogens with one attached hydrogen (secondary N) is 2. The smallest absolute Gasteiger partial charge is 0.228 e. The average molecular weight is 348 g/mol. The maximum Gasteiger partial charge on any atom is 0.228 e. The highest BCUT2D eigenvalue weighted by Gasteiger charge is 2.10. The SMILES string of the molecule is COc1ccc(NC(=O)Cc2cccc3ccccc23)cc1NC(C)=O. The molecule has 3 rings (SSSR count). The molecule has 0 heterocycles. The van der Waals surface area contributed by atoms with Crippen LogP contribution in [0, 0.1) is 0 Å². The van der Waals surface area contributed by atoms with Crippen molar-refractivity contribution in [3.05, 3.63) is 66.2 Å². The molecular weight excluding hydrogens is 328 g/mol. The lowest BCUT2D eigenvalue weighted by Gasteiger charge is -2.12. The number of carbonyl (C=O) groups is 2. The van der Waals surface area contributed by atoms with Gasteiger partial charge in [0.2, 0.25) is 11.8 Å². The lowest BCUT2D eigenvalue weighted by molar-refractivity contribution is -0.115. The van der Waals surface area contributed by atoms with Gasteiger partial charge in [0.05, 0.1) is 19.2 Å². The summed E-state index contributed by atoms with van der Waals surface area (Å²) in [6.07, 6.45) is 0.267. The number of rotatable bonds is 5. The minimum absolute atomic E-state index is 0.125. The van der Waals surface area contributed by atoms with Crippen LogP contribution in [-0.4, -0.2) is 18.9 Å². The summed E-state index contributed by atoms with van der Waals surface area (Å²) >= 11 is 0. The summed E-state index contributed by atoms with van der Waals surface area (Å²) < 4.78 is 5.22. The molecule has 2 N–H and O–H groups in total. The maximum absolute atomic E-state index is 12.5. The Balaban J connectivity index is 1.78. The topological polar surface area (TPSA) is 67.4 Å². The third-order valence-electron chi connectivity index (χ3n) is 4.02. The molecule has 3 aromatic rings. The number of benzene rings is 3. The number of hydrogen-bond donors (Lipinski definition) is 2. The van der Waals surface area contributed by atoms with Crippen LogP contribution in [0.5, 0.6) is 5.75 Å². The Kier molecular flexibility index (Phi) is 5.17. The molecule has 0 saturated heterocycles. The van der Waals surface area contributed by atoms with Gasteiger partial charge in [-0.2, -0.15) is 0 Å². The standard InChI is InChI=1S/C21H20N2O3/c1-14(24)22-19-13-17(10-11-20(19)26-2)23-21(25)12-16-8-5-7-15-6-3-4-9-18(15)16/h3-11,13H,12H2,1-2H3,(H,22,24)(H,23,25). The predicted molar refractivity (Wildman–Crippen MR) is 104 cm³/mol. The summed E-state index contributed by atoms with van der Waals surface area (Å²) in [7, 11) is 1.53. The van der Waals surface area contributed by atoms with E-state index in [-0.39, 0.29) is 18.2 Å². The zero-order chi connectivity index (χ0) is 18.5. The van der Waals surface area contributed by atoms with Crippen molar-refractivity contribution in [2.24, 2.45) is 0 Å². The van der Waals surface area contributed by atoms with Gasteiger partial charge in [-0.3, -0.25) is 9.59 Å². The van der Waals surface area contributed by atoms with E-state index in [2.05, 4.69) is 10.6 Å². The van der Waals surface area contributed by atoms with Gasteiger partial charge in [0.1, 0.15) is 5.75 Å². The van der Waals surface area contributed by atoms with Crippen molar-refractivity contribution in [3.63, 3.8) is 0 Å². The Morgan fingerprint density at radius 1 is 0.962 bits per heavy atom. The normalized spacial score (nSPS) is 10.4. The van der Waals surface area contributed by atoms with E-state index in [1.807, 2.05) is 42.5 Å². The number of ether oxygens (including phenoxy) is 1. The summed E-state index contributed by atoms with van der Waals surface area (Å²) in [5, 5.41) is 7.75. The van der Waals surface area contributed by atoms with Crippen LogP contribution in [0.15, 0.2) is 60.7 Å². The number of amides is 2. The van der Waals surface area contributed by atoms with E-state index in [0.717, 1.165) is 16.3 Å². The second-order valence-electron chi connectivity index (χ2n) is 5.96. The number of hydrogen-bond acceptors (Lipinski definition) is 3. The first kappa shape index (κ1) is 17.5. The van der Waals surface area contributed by atoms with Crippen molar-refractivity contribution in [2.45, 2.75) is 13.3 Å². The van der Waals surface area contributed by atoms with Crippen LogP contribution in [0.3, 0.4) is 0 Å². The molecular formula is C21H20N2O3. The fourth-order valence-corrected chi connectivity index (χ4v) is 2.90. The molecule has 132 valence electrons. The van der Waals surface area contributed by atoms with Crippen LogP contribution < -0.4 is 15.4 Å². The summed E-state index contributed by atoms with van der Waals surface area (Å²) in [4.78, 5) is 23.8. The van der Waals surface area contributed by atoms with Crippen LogP contribution in [0.1, 0.15) is 12.5 Å². The van der Waals surface area contributed by atoms with Crippen molar-refractivity contribution < 1.29 is 14.3 Å². The van der Waals surface area contributed by atoms with Crippen molar-refractivity contribution >= 4 is 34.0 Å². The Hall–Kier alpha value is -3.34. The van der Waals surface area contributed by atoms with Crippen LogP contribution in [0.25, 0.3) is 10.8 Å². The van der Waals surface area contributed by atoms with E-state index in [4.69, 9.17) is 4.74 Å². The van der Waals surface area contributed by atoms with Crippen molar-refractivity contribution in [1.82, 2.24) is 0 Å². The van der Waals surface area contributed by atoms with Crippen LogP contribution >= 0.6 is 0 Å². The van der Waals surface area contributed by atoms with E-state index >= 15 is 0 Å². The lowest BCUT2D eigenvalue weighted by Crippen LogP contribution is -2.15. The van der Waals surface area contributed by atoms with E-state index in [1.54, 1.807) is 18.2 Å². The molecule has 0 aromatic heterocycles. The molecule has 3 aromatic carbocycles. The van der Waals surface area contributed by atoms with Crippen LogP contribution in [-0.2, 0) is 16.0 Å². The van der Waals surface area contributed by atoms with E-state index in [1.165, 1.54) is 14.0 Å². The number of carbonyl (C=O) groups excluding carboxylic acids is 2. The molecule has 0 radical (unpaired) electrons. The third kappa shape index (κ3) is 4.00. The molecule has 0 atom stereocenters. The molecule has 26 heavy (non-hydrogen) atoms. The maximum atomic E-state index is 12.5. The summed E-state index contributed by atoms with van der Waals surface area (Å²) in [5.41, 5.74) is 2.08. The zero-order valence-corrected chi connectivity index (χ0v) is 14.7. The van der Waals surface area contributed by atoms with Gasteiger partial charge >= 0.3 is 0 Å². The Labute approximate surface area is 152 Å². The Morgan fingerprint density at radius 2 is 1.73 bits per heavy atom. The molecule has 2 amide bonds. The van der Waals surface area contributed by atoms with Gasteiger partial charge in [-0.15, -0.1) is 0 Å². The van der Waals surface area contributed by atoms with E-state index in [9.17, 15) is 9.59 Å². The molecule has 5 heteroatoms. The first-order valence-corrected chi connectivity index (χ1v) is 8.29. The van der Waals surface area contributed by atoms with Gasteiger partial charge in [0.15, 0.2) is 0 Å². The zero-order valence-electron chi connectivity index (χ0n) is 14.7. The first-order chi connectivity index (χ1) is 12.6. The molecule has 0 spiro atoms. The largest absolute Gasteiger partial charge is 0.495 e. The van der Waals surface area contributed by atoms with Gasteiger partial charge in [0, 0.05) is 12.6 Å². The average Bonchev–Trinajstić information content (AvgIpc) is 2.62. The van der Waals surface area contributed by atoms with Gasteiger partial charge in [-0.05, 0) is 34.5 Å². The highest BCUT2D eigenvalue weighted by atomic mass is 16.5. The van der Waals surface area contributed by atoms with Crippen molar-refractivity contribution in [3.8, 4) is 5.75 Å². The molecule has 0 fully saturated rings. The second kappa shape index (κ2) is 7.70. The fourth-order valence-electron chi connectivity index (χ4n) is 2.90. The fraction of sp³-hybridized carbons (Fsp3) is 0.143. The highest BCUT2D eigenvalue weighted by Crippen LogP contribution is 2.28. The Morgan fingerprint density at radius 3 is 2.50 bits per heavy atom. The number of methoxy groups -OCH3 is 1. The van der Waals surface area contributed by atoms with Gasteiger partial charge in [0.25, 0.3) is 0 Å². The summed E-state index contributed by atoms with van der Waals surface area (Å²) in [5.74, 6) is 0.204. The van der Waals surface area contributed by atoms with E-state index < -0.39 is 0 Å². The molecule has 0 aliphatic heterocycles. The number of anilines is 2. The van der Waals surface area contributed by atoms with E-state index in [0.29, 0.717) is 17.1 Å². The predicted octanol–water partition coefficient (Wildman–Crippen LogP) is 3.99. The van der Waals surface area contributed by atoms with Crippen molar-refractivity contribution in [2.75, 3.05) is 17.7 Å². The molecule has 0 unspecified atom stereocenters. The highest BCUT2D eigenvalue weighted by molar-refractivity contribution is 5.97. The quantitative estimate of drug-likeness (QED) is 0.733. The first-order valence-electron chi connectivity index (χ1n) is 8.29. The van der Waals surface area contributed by atoms with Crippen LogP contribution in [0.4, 0.5) is 11.4 Å².